The monoisotopic (exact) mass is 199 g/mol. The second-order valence-corrected chi connectivity index (χ2v) is 4.81. The lowest BCUT2D eigenvalue weighted by Crippen LogP contribution is -2.14. The van der Waals surface area contributed by atoms with Gasteiger partial charge in [0.2, 0.25) is 0 Å². The third kappa shape index (κ3) is 2.35. The molecular formula is C9H13NO2S. The van der Waals surface area contributed by atoms with Gasteiger partial charge in [0.15, 0.2) is 11.1 Å². The molecule has 0 aromatic carbocycles. The number of pyridine rings is 1. The smallest absolute Gasteiger partial charge is 0.188 e. The van der Waals surface area contributed by atoms with Gasteiger partial charge in [0.1, 0.15) is 0 Å². The van der Waals surface area contributed by atoms with Crippen LogP contribution in [0.15, 0.2) is 23.4 Å². The third-order valence-corrected chi connectivity index (χ3v) is 2.48. The summed E-state index contributed by atoms with van der Waals surface area (Å²) >= 11 is -1.95. The van der Waals surface area contributed by atoms with Crippen molar-refractivity contribution in [3.8, 4) is 0 Å². The molecule has 1 atom stereocenters. The van der Waals surface area contributed by atoms with Gasteiger partial charge in [0.05, 0.1) is 4.90 Å². The number of aromatic nitrogens is 1. The predicted molar refractivity (Wildman–Crippen MR) is 52.0 cm³/mol. The van der Waals surface area contributed by atoms with E-state index in [9.17, 15) is 4.21 Å². The van der Waals surface area contributed by atoms with Gasteiger partial charge in [-0.1, -0.05) is 20.8 Å². The van der Waals surface area contributed by atoms with E-state index in [1.54, 1.807) is 12.3 Å². The minimum atomic E-state index is -1.95. The Balaban J connectivity index is 3.28. The Kier molecular flexibility index (Phi) is 2.83. The Morgan fingerprint density at radius 1 is 1.46 bits per heavy atom. The zero-order valence-corrected chi connectivity index (χ0v) is 8.76. The first-order chi connectivity index (χ1) is 5.93. The van der Waals surface area contributed by atoms with Crippen LogP contribution in [-0.4, -0.2) is 13.7 Å². The van der Waals surface area contributed by atoms with E-state index in [2.05, 4.69) is 4.98 Å². The average Bonchev–Trinajstić information content (AvgIpc) is 2.03. The summed E-state index contributed by atoms with van der Waals surface area (Å²) in [7, 11) is 0. The summed E-state index contributed by atoms with van der Waals surface area (Å²) in [6.45, 7) is 6.00. The van der Waals surface area contributed by atoms with Crippen molar-refractivity contribution >= 4 is 11.1 Å². The third-order valence-electron chi connectivity index (χ3n) is 1.78. The van der Waals surface area contributed by atoms with Crippen molar-refractivity contribution in [1.82, 2.24) is 4.98 Å². The van der Waals surface area contributed by atoms with Gasteiger partial charge in [0, 0.05) is 12.4 Å². The summed E-state index contributed by atoms with van der Waals surface area (Å²) in [6.07, 6.45) is 3.08. The lowest BCUT2D eigenvalue weighted by Gasteiger charge is -2.20. The van der Waals surface area contributed by atoms with Crippen molar-refractivity contribution in [2.24, 2.45) is 0 Å². The fourth-order valence-corrected chi connectivity index (χ4v) is 1.85. The van der Waals surface area contributed by atoms with Gasteiger partial charge in [0.25, 0.3) is 0 Å². The molecule has 1 aromatic heterocycles. The molecular weight excluding hydrogens is 186 g/mol. The molecule has 4 heteroatoms. The number of hydrogen-bond acceptors (Lipinski definition) is 2. The highest BCUT2D eigenvalue weighted by Gasteiger charge is 2.19. The summed E-state index contributed by atoms with van der Waals surface area (Å²) in [5.41, 5.74) is 0.736. The van der Waals surface area contributed by atoms with E-state index in [4.69, 9.17) is 4.55 Å². The van der Waals surface area contributed by atoms with Crippen molar-refractivity contribution in [1.29, 1.82) is 0 Å². The fourth-order valence-electron chi connectivity index (χ4n) is 1.14. The van der Waals surface area contributed by atoms with Crippen LogP contribution in [0.3, 0.4) is 0 Å². The molecule has 1 heterocycles. The van der Waals surface area contributed by atoms with Crippen LogP contribution >= 0.6 is 0 Å². The molecule has 0 bridgehead atoms. The van der Waals surface area contributed by atoms with Crippen LogP contribution < -0.4 is 0 Å². The highest BCUT2D eigenvalue weighted by molar-refractivity contribution is 7.79. The van der Waals surface area contributed by atoms with Gasteiger partial charge in [-0.3, -0.25) is 4.98 Å². The lowest BCUT2D eigenvalue weighted by atomic mass is 9.88. The highest BCUT2D eigenvalue weighted by Crippen LogP contribution is 2.26. The van der Waals surface area contributed by atoms with Crippen LogP contribution in [0.2, 0.25) is 0 Å². The first kappa shape index (κ1) is 10.3. The minimum Gasteiger partial charge on any atom is -0.302 e. The van der Waals surface area contributed by atoms with Gasteiger partial charge < -0.3 is 4.55 Å². The zero-order valence-electron chi connectivity index (χ0n) is 7.94. The fraction of sp³-hybridized carbons (Fsp3) is 0.444. The van der Waals surface area contributed by atoms with Crippen LogP contribution in [0.5, 0.6) is 0 Å². The van der Waals surface area contributed by atoms with Crippen LogP contribution in [0.25, 0.3) is 0 Å². The molecule has 13 heavy (non-hydrogen) atoms. The van der Waals surface area contributed by atoms with Crippen LogP contribution in [0, 0.1) is 0 Å². The summed E-state index contributed by atoms with van der Waals surface area (Å²) < 4.78 is 19.9. The molecule has 1 N–H and O–H groups in total. The van der Waals surface area contributed by atoms with Gasteiger partial charge in [-0.05, 0) is 17.0 Å². The second kappa shape index (κ2) is 3.55. The second-order valence-electron chi connectivity index (χ2n) is 3.87. The minimum absolute atomic E-state index is 0.128. The van der Waals surface area contributed by atoms with Crippen molar-refractivity contribution in [2.75, 3.05) is 0 Å². The summed E-state index contributed by atoms with van der Waals surface area (Å²) in [5.74, 6) is 0. The van der Waals surface area contributed by atoms with Crippen LogP contribution in [0.4, 0.5) is 0 Å². The quantitative estimate of drug-likeness (QED) is 0.703. The van der Waals surface area contributed by atoms with Gasteiger partial charge in [-0.2, -0.15) is 0 Å². The van der Waals surface area contributed by atoms with E-state index in [0.29, 0.717) is 4.90 Å². The molecule has 3 nitrogen and oxygen atoms in total. The maximum atomic E-state index is 10.9. The zero-order chi connectivity index (χ0) is 10.1. The predicted octanol–water partition coefficient (Wildman–Crippen LogP) is 1.96. The number of nitrogens with zero attached hydrogens (tertiary/aromatic N) is 1. The molecule has 1 unspecified atom stereocenters. The largest absolute Gasteiger partial charge is 0.302 e. The van der Waals surface area contributed by atoms with Gasteiger partial charge in [-0.25, -0.2) is 4.21 Å². The number of rotatable bonds is 1. The molecule has 0 saturated heterocycles. The van der Waals surface area contributed by atoms with E-state index in [1.807, 2.05) is 20.8 Å². The van der Waals surface area contributed by atoms with Gasteiger partial charge in [-0.15, -0.1) is 0 Å². The first-order valence-electron chi connectivity index (χ1n) is 3.98. The molecule has 1 aromatic rings. The lowest BCUT2D eigenvalue weighted by molar-refractivity contribution is 0.543. The summed E-state index contributed by atoms with van der Waals surface area (Å²) in [4.78, 5) is 4.23. The topological polar surface area (TPSA) is 50.2 Å². The van der Waals surface area contributed by atoms with E-state index >= 15 is 0 Å². The molecule has 0 fully saturated rings. The van der Waals surface area contributed by atoms with Gasteiger partial charge >= 0.3 is 0 Å². The van der Waals surface area contributed by atoms with Crippen LogP contribution in [-0.2, 0) is 16.5 Å². The van der Waals surface area contributed by atoms with Crippen molar-refractivity contribution < 1.29 is 8.76 Å². The molecule has 0 amide bonds. The molecule has 0 aliphatic carbocycles. The Labute approximate surface area is 80.5 Å². The molecule has 0 aliphatic heterocycles. The van der Waals surface area contributed by atoms with Crippen molar-refractivity contribution in [2.45, 2.75) is 31.1 Å². The molecule has 72 valence electrons. The maximum absolute atomic E-state index is 10.9. The molecule has 0 radical (unpaired) electrons. The first-order valence-corrected chi connectivity index (χ1v) is 5.09. The maximum Gasteiger partial charge on any atom is 0.188 e. The van der Waals surface area contributed by atoms with Crippen molar-refractivity contribution in [3.63, 3.8) is 0 Å². The SMILES string of the molecule is CC(C)(C)c1ccncc1S(=O)O. The highest BCUT2D eigenvalue weighted by atomic mass is 32.2. The standard InChI is InChI=1S/C9H13NO2S/c1-9(2,3)7-4-5-10-6-8(7)13(11)12/h4-6H,1-3H3,(H,11,12). The summed E-state index contributed by atoms with van der Waals surface area (Å²) in [6, 6.07) is 1.78. The van der Waals surface area contributed by atoms with E-state index < -0.39 is 11.1 Å². The Morgan fingerprint density at radius 3 is 2.46 bits per heavy atom. The van der Waals surface area contributed by atoms with E-state index in [-0.39, 0.29) is 5.41 Å². The number of hydrogen-bond donors (Lipinski definition) is 1. The molecule has 1 rings (SSSR count). The van der Waals surface area contributed by atoms with E-state index in [0.717, 1.165) is 5.56 Å². The Bertz CT molecular complexity index is 331. The van der Waals surface area contributed by atoms with E-state index in [1.165, 1.54) is 6.20 Å². The molecule has 0 spiro atoms. The summed E-state index contributed by atoms with van der Waals surface area (Å²) in [5, 5.41) is 0. The normalized spacial score (nSPS) is 14.2. The Morgan fingerprint density at radius 2 is 2.08 bits per heavy atom. The van der Waals surface area contributed by atoms with Crippen LogP contribution in [0.1, 0.15) is 26.3 Å². The average molecular weight is 199 g/mol. The van der Waals surface area contributed by atoms with Crippen molar-refractivity contribution in [3.05, 3.63) is 24.0 Å². The Hall–Kier alpha value is -0.740. The molecule has 0 saturated carbocycles. The molecule has 0 aliphatic rings.